The minimum absolute atomic E-state index is 0.0767. The number of allylic oxidation sites excluding steroid dienone is 2. The second kappa shape index (κ2) is 10.1. The van der Waals surface area contributed by atoms with Crippen molar-refractivity contribution in [2.45, 2.75) is 20.3 Å². The van der Waals surface area contributed by atoms with Gasteiger partial charge in [0.05, 0.1) is 10.9 Å². The lowest BCUT2D eigenvalue weighted by molar-refractivity contribution is 0.0977. The van der Waals surface area contributed by atoms with Crippen LogP contribution in [0.25, 0.3) is 0 Å². The molecule has 0 aromatic heterocycles. The molecule has 1 amide bonds. The minimum atomic E-state index is -0.367. The summed E-state index contributed by atoms with van der Waals surface area (Å²) in [6.45, 7) is 4.18. The average molecular weight is 484 g/mol. The highest BCUT2D eigenvalue weighted by Crippen LogP contribution is 2.35. The zero-order valence-corrected chi connectivity index (χ0v) is 19.6. The van der Waals surface area contributed by atoms with Crippen LogP contribution in [0.2, 0.25) is 5.02 Å². The van der Waals surface area contributed by atoms with Gasteiger partial charge in [-0.3, -0.25) is 15.1 Å². The number of carbonyl (C=O) groups is 1. The normalized spacial score (nSPS) is 17.5. The fraction of sp³-hybridized carbons (Fsp3) is 0.208. The van der Waals surface area contributed by atoms with Crippen LogP contribution in [-0.4, -0.2) is 24.0 Å². The van der Waals surface area contributed by atoms with E-state index in [0.717, 1.165) is 17.9 Å². The van der Waals surface area contributed by atoms with Crippen molar-refractivity contribution in [3.05, 3.63) is 70.6 Å². The van der Waals surface area contributed by atoms with Crippen LogP contribution in [0.15, 0.2) is 65.0 Å². The van der Waals surface area contributed by atoms with E-state index in [-0.39, 0.29) is 23.7 Å². The van der Waals surface area contributed by atoms with Crippen molar-refractivity contribution >= 4 is 46.7 Å². The standard InChI is InChI=1S/C24H22ClN3O4S/c1-3-16-18(4-2)26-10-9-19(16)32-20-8-6-15(12-17(20)25)27-24(33)28-23(29)14-5-7-21-22(11-14)31-13-30-21/h4-12,16H,3,13H2,1-2H3,(H2,27,28,29,33)/b18-4+. The van der Waals surface area contributed by atoms with Gasteiger partial charge in [-0.15, -0.1) is 0 Å². The van der Waals surface area contributed by atoms with Crippen LogP contribution in [0.5, 0.6) is 17.2 Å². The number of anilines is 1. The first-order chi connectivity index (χ1) is 16.0. The first kappa shape index (κ1) is 22.8. The molecule has 2 heterocycles. The number of hydrogen-bond donors (Lipinski definition) is 2. The molecule has 0 spiro atoms. The zero-order chi connectivity index (χ0) is 23.4. The predicted molar refractivity (Wildman–Crippen MR) is 132 cm³/mol. The van der Waals surface area contributed by atoms with E-state index < -0.39 is 0 Å². The Bertz CT molecular complexity index is 1190. The summed E-state index contributed by atoms with van der Waals surface area (Å²) in [5.74, 6) is 2.14. The lowest BCUT2D eigenvalue weighted by Gasteiger charge is -2.23. The van der Waals surface area contributed by atoms with E-state index in [1.54, 1.807) is 42.6 Å². The molecule has 2 aliphatic rings. The first-order valence-corrected chi connectivity index (χ1v) is 11.2. The van der Waals surface area contributed by atoms with E-state index in [1.807, 2.05) is 19.1 Å². The molecule has 2 N–H and O–H groups in total. The Morgan fingerprint density at radius 2 is 2.09 bits per heavy atom. The van der Waals surface area contributed by atoms with E-state index in [0.29, 0.717) is 33.5 Å². The maximum Gasteiger partial charge on any atom is 0.257 e. The summed E-state index contributed by atoms with van der Waals surface area (Å²) < 4.78 is 16.6. The molecule has 0 aliphatic carbocycles. The Hall–Kier alpha value is -3.36. The predicted octanol–water partition coefficient (Wildman–Crippen LogP) is 5.47. The minimum Gasteiger partial charge on any atom is -0.459 e. The van der Waals surface area contributed by atoms with Crippen molar-refractivity contribution in [2.75, 3.05) is 12.1 Å². The van der Waals surface area contributed by atoms with Crippen LogP contribution in [0.1, 0.15) is 30.6 Å². The summed E-state index contributed by atoms with van der Waals surface area (Å²) in [7, 11) is 0. The third-order valence-corrected chi connectivity index (χ3v) is 5.65. The molecule has 1 atom stereocenters. The molecule has 170 valence electrons. The summed E-state index contributed by atoms with van der Waals surface area (Å²) in [6.07, 6.45) is 6.41. The summed E-state index contributed by atoms with van der Waals surface area (Å²) in [5.41, 5.74) is 1.98. The fourth-order valence-corrected chi connectivity index (χ4v) is 3.93. The van der Waals surface area contributed by atoms with Crippen molar-refractivity contribution in [3.8, 4) is 17.2 Å². The van der Waals surface area contributed by atoms with Gasteiger partial charge in [0.1, 0.15) is 11.5 Å². The molecule has 0 saturated heterocycles. The number of nitrogens with zero attached hydrogens (tertiary/aromatic N) is 1. The number of benzene rings is 2. The van der Waals surface area contributed by atoms with E-state index in [9.17, 15) is 4.79 Å². The number of rotatable bonds is 5. The van der Waals surface area contributed by atoms with Crippen molar-refractivity contribution in [2.24, 2.45) is 10.9 Å². The number of dihydropyridines is 1. The largest absolute Gasteiger partial charge is 0.459 e. The van der Waals surface area contributed by atoms with Crippen LogP contribution in [0.3, 0.4) is 0 Å². The number of ether oxygens (including phenoxy) is 3. The highest BCUT2D eigenvalue weighted by molar-refractivity contribution is 7.80. The summed E-state index contributed by atoms with van der Waals surface area (Å²) in [4.78, 5) is 16.9. The number of amides is 1. The van der Waals surface area contributed by atoms with Gasteiger partial charge in [0, 0.05) is 23.2 Å². The van der Waals surface area contributed by atoms with Crippen molar-refractivity contribution < 1.29 is 19.0 Å². The highest BCUT2D eigenvalue weighted by Gasteiger charge is 2.22. The summed E-state index contributed by atoms with van der Waals surface area (Å²) in [5, 5.41) is 6.15. The summed E-state index contributed by atoms with van der Waals surface area (Å²) >= 11 is 11.7. The number of hydrogen-bond acceptors (Lipinski definition) is 6. The monoisotopic (exact) mass is 483 g/mol. The lowest BCUT2D eigenvalue weighted by atomic mass is 9.97. The number of thiocarbonyl (C=S) groups is 1. The second-order valence-electron chi connectivity index (χ2n) is 7.25. The molecule has 2 aromatic rings. The van der Waals surface area contributed by atoms with Gasteiger partial charge in [0.2, 0.25) is 6.79 Å². The Labute approximate surface area is 202 Å². The van der Waals surface area contributed by atoms with E-state index in [2.05, 4.69) is 22.5 Å². The molecule has 0 bridgehead atoms. The molecule has 2 aromatic carbocycles. The van der Waals surface area contributed by atoms with Crippen LogP contribution in [0.4, 0.5) is 5.69 Å². The second-order valence-corrected chi connectivity index (χ2v) is 8.06. The molecule has 9 heteroatoms. The van der Waals surface area contributed by atoms with Gasteiger partial charge in [-0.2, -0.15) is 0 Å². The van der Waals surface area contributed by atoms with Gasteiger partial charge in [-0.1, -0.05) is 24.6 Å². The smallest absolute Gasteiger partial charge is 0.257 e. The molecule has 2 aliphatic heterocycles. The third-order valence-electron chi connectivity index (χ3n) is 5.15. The first-order valence-electron chi connectivity index (χ1n) is 10.4. The Kier molecular flexibility index (Phi) is 6.96. The molecule has 0 saturated carbocycles. The number of nitrogens with one attached hydrogen (secondary N) is 2. The molecular formula is C24H22ClN3O4S. The molecule has 0 fully saturated rings. The van der Waals surface area contributed by atoms with Gasteiger partial charge in [-0.05, 0) is 68.0 Å². The van der Waals surface area contributed by atoms with Crippen LogP contribution in [0, 0.1) is 5.92 Å². The highest BCUT2D eigenvalue weighted by atomic mass is 35.5. The average Bonchev–Trinajstić information content (AvgIpc) is 3.28. The van der Waals surface area contributed by atoms with Crippen molar-refractivity contribution in [1.82, 2.24) is 5.32 Å². The zero-order valence-electron chi connectivity index (χ0n) is 18.1. The molecule has 7 nitrogen and oxygen atoms in total. The lowest BCUT2D eigenvalue weighted by Crippen LogP contribution is -2.34. The molecule has 4 rings (SSSR count). The van der Waals surface area contributed by atoms with Crippen molar-refractivity contribution in [3.63, 3.8) is 0 Å². The molecule has 33 heavy (non-hydrogen) atoms. The molecular weight excluding hydrogens is 462 g/mol. The van der Waals surface area contributed by atoms with Gasteiger partial charge >= 0.3 is 0 Å². The maximum absolute atomic E-state index is 12.5. The topological polar surface area (TPSA) is 81.2 Å². The Morgan fingerprint density at radius 1 is 1.27 bits per heavy atom. The van der Waals surface area contributed by atoms with Crippen LogP contribution in [-0.2, 0) is 0 Å². The number of fused-ring (bicyclic) bond motifs is 1. The third kappa shape index (κ3) is 5.18. The SMILES string of the molecule is C/C=C1/N=CC=C(Oc2ccc(NC(=S)NC(=O)c3ccc4c(c3)OCO4)cc2Cl)C1CC. The van der Waals surface area contributed by atoms with Gasteiger partial charge in [-0.25, -0.2) is 0 Å². The van der Waals surface area contributed by atoms with Crippen molar-refractivity contribution in [1.29, 1.82) is 0 Å². The quantitative estimate of drug-likeness (QED) is 0.548. The fourth-order valence-electron chi connectivity index (χ4n) is 3.50. The Balaban J connectivity index is 1.39. The Morgan fingerprint density at radius 3 is 2.85 bits per heavy atom. The van der Waals surface area contributed by atoms with E-state index in [4.69, 9.17) is 38.0 Å². The molecule has 1 unspecified atom stereocenters. The van der Waals surface area contributed by atoms with Crippen LogP contribution < -0.4 is 24.8 Å². The molecule has 0 radical (unpaired) electrons. The van der Waals surface area contributed by atoms with Crippen LogP contribution >= 0.6 is 23.8 Å². The number of carbonyl (C=O) groups excluding carboxylic acids is 1. The number of halogens is 1. The van der Waals surface area contributed by atoms with Gasteiger partial charge < -0.3 is 19.5 Å². The van der Waals surface area contributed by atoms with Gasteiger partial charge in [0.15, 0.2) is 16.6 Å². The van der Waals surface area contributed by atoms with Gasteiger partial charge in [0.25, 0.3) is 5.91 Å². The maximum atomic E-state index is 12.5. The van der Waals surface area contributed by atoms with E-state index in [1.165, 1.54) is 0 Å². The van der Waals surface area contributed by atoms with E-state index >= 15 is 0 Å². The summed E-state index contributed by atoms with van der Waals surface area (Å²) in [6, 6.07) is 10.1. The number of aliphatic imine (C=N–C) groups is 1.